The highest BCUT2D eigenvalue weighted by molar-refractivity contribution is 5.97. The summed E-state index contributed by atoms with van der Waals surface area (Å²) in [4.78, 5) is 26.4. The third kappa shape index (κ3) is 5.62. The molecule has 20 heavy (non-hydrogen) atoms. The minimum Gasteiger partial charge on any atom is -0.478 e. The Balaban J connectivity index is 2.65. The first-order valence-electron chi connectivity index (χ1n) is 6.26. The highest BCUT2D eigenvalue weighted by atomic mass is 16.5. The van der Waals surface area contributed by atoms with Crippen molar-refractivity contribution in [2.75, 3.05) is 13.2 Å². The van der Waals surface area contributed by atoms with Crippen LogP contribution in [-0.2, 0) is 9.53 Å². The fourth-order valence-electron chi connectivity index (χ4n) is 1.45. The molecule has 0 aromatic carbocycles. The van der Waals surface area contributed by atoms with E-state index in [4.69, 9.17) is 9.84 Å². The molecule has 1 heterocycles. The summed E-state index contributed by atoms with van der Waals surface area (Å²) in [6.45, 7) is 4.61. The predicted molar refractivity (Wildman–Crippen MR) is 74.3 cm³/mol. The number of nitrogens with zero attached hydrogens (tertiary/aromatic N) is 1. The second kappa shape index (κ2) is 8.06. The van der Waals surface area contributed by atoms with Crippen molar-refractivity contribution in [1.82, 2.24) is 10.3 Å². The van der Waals surface area contributed by atoms with Gasteiger partial charge < -0.3 is 15.2 Å². The zero-order chi connectivity index (χ0) is 15.0. The molecule has 0 atom stereocenters. The Morgan fingerprint density at radius 1 is 1.50 bits per heavy atom. The van der Waals surface area contributed by atoms with Crippen molar-refractivity contribution >= 4 is 18.0 Å². The highest BCUT2D eigenvalue weighted by Crippen LogP contribution is 2.07. The molecule has 0 unspecified atom stereocenters. The van der Waals surface area contributed by atoms with Gasteiger partial charge in [-0.2, -0.15) is 0 Å². The second-order valence-electron chi connectivity index (χ2n) is 4.29. The number of aliphatic carboxylic acids is 1. The van der Waals surface area contributed by atoms with Crippen molar-refractivity contribution in [3.05, 3.63) is 35.7 Å². The number of nitrogens with one attached hydrogen (secondary N) is 1. The first-order chi connectivity index (χ1) is 9.50. The number of hydrogen-bond donors (Lipinski definition) is 2. The number of aromatic nitrogens is 1. The number of carbonyl (C=O) groups excluding carboxylic acids is 1. The van der Waals surface area contributed by atoms with Crippen LogP contribution in [0.4, 0.5) is 0 Å². The van der Waals surface area contributed by atoms with Gasteiger partial charge in [0, 0.05) is 24.4 Å². The lowest BCUT2D eigenvalue weighted by Crippen LogP contribution is -2.29. The summed E-state index contributed by atoms with van der Waals surface area (Å²) in [5.74, 6) is -1.44. The number of amides is 1. The molecule has 0 fully saturated rings. The van der Waals surface area contributed by atoms with E-state index in [1.165, 1.54) is 12.3 Å². The molecule has 0 saturated carbocycles. The summed E-state index contributed by atoms with van der Waals surface area (Å²) in [6, 6.07) is 3.27. The Hall–Kier alpha value is -2.21. The molecule has 0 radical (unpaired) electrons. The van der Waals surface area contributed by atoms with Gasteiger partial charge in [-0.1, -0.05) is 6.07 Å². The fourth-order valence-corrected chi connectivity index (χ4v) is 1.45. The van der Waals surface area contributed by atoms with Crippen LogP contribution in [0.25, 0.3) is 6.08 Å². The van der Waals surface area contributed by atoms with Crippen molar-refractivity contribution in [3.63, 3.8) is 0 Å². The monoisotopic (exact) mass is 278 g/mol. The van der Waals surface area contributed by atoms with Gasteiger partial charge in [-0.15, -0.1) is 0 Å². The van der Waals surface area contributed by atoms with Crippen LogP contribution in [-0.4, -0.2) is 41.2 Å². The first-order valence-corrected chi connectivity index (χ1v) is 6.26. The molecule has 0 saturated heterocycles. The van der Waals surface area contributed by atoms with E-state index in [0.29, 0.717) is 18.7 Å². The Kier molecular flexibility index (Phi) is 6.39. The van der Waals surface area contributed by atoms with Crippen LogP contribution in [0.5, 0.6) is 0 Å². The van der Waals surface area contributed by atoms with Crippen LogP contribution in [0.2, 0.25) is 0 Å². The van der Waals surface area contributed by atoms with E-state index in [0.717, 1.165) is 6.08 Å². The van der Waals surface area contributed by atoms with Gasteiger partial charge in [0.25, 0.3) is 5.91 Å². The maximum atomic E-state index is 11.9. The Bertz CT molecular complexity index is 498. The van der Waals surface area contributed by atoms with Gasteiger partial charge in [-0.3, -0.25) is 9.78 Å². The molecule has 0 spiro atoms. The number of ether oxygens (including phenoxy) is 1. The summed E-state index contributed by atoms with van der Waals surface area (Å²) < 4.78 is 5.31. The van der Waals surface area contributed by atoms with Crippen LogP contribution < -0.4 is 5.32 Å². The Labute approximate surface area is 117 Å². The van der Waals surface area contributed by atoms with Crippen molar-refractivity contribution in [2.45, 2.75) is 20.0 Å². The maximum Gasteiger partial charge on any atom is 0.328 e. The number of carboxylic acids is 1. The molecular weight excluding hydrogens is 260 g/mol. The van der Waals surface area contributed by atoms with Crippen LogP contribution >= 0.6 is 0 Å². The number of hydrogen-bond acceptors (Lipinski definition) is 4. The van der Waals surface area contributed by atoms with Crippen LogP contribution in [0.15, 0.2) is 24.4 Å². The maximum absolute atomic E-state index is 11.9. The molecule has 1 rings (SSSR count). The molecule has 0 aliphatic rings. The van der Waals surface area contributed by atoms with Gasteiger partial charge >= 0.3 is 5.97 Å². The predicted octanol–water partition coefficient (Wildman–Crippen LogP) is 1.33. The minimum absolute atomic E-state index is 0.107. The van der Waals surface area contributed by atoms with Crippen molar-refractivity contribution in [1.29, 1.82) is 0 Å². The Morgan fingerprint density at radius 2 is 2.25 bits per heavy atom. The van der Waals surface area contributed by atoms with Crippen LogP contribution in [0.3, 0.4) is 0 Å². The largest absolute Gasteiger partial charge is 0.478 e. The van der Waals surface area contributed by atoms with Crippen molar-refractivity contribution in [2.24, 2.45) is 0 Å². The quantitative estimate of drug-likeness (QED) is 0.580. The van der Waals surface area contributed by atoms with Gasteiger partial charge in [-0.25, -0.2) is 4.79 Å². The molecule has 1 amide bonds. The molecule has 0 aliphatic carbocycles. The number of rotatable bonds is 7. The lowest BCUT2D eigenvalue weighted by Gasteiger charge is -2.09. The zero-order valence-corrected chi connectivity index (χ0v) is 11.5. The van der Waals surface area contributed by atoms with E-state index in [-0.39, 0.29) is 17.7 Å². The molecule has 2 N–H and O–H groups in total. The zero-order valence-electron chi connectivity index (χ0n) is 11.5. The van der Waals surface area contributed by atoms with Gasteiger partial charge in [0.2, 0.25) is 0 Å². The van der Waals surface area contributed by atoms with Gasteiger partial charge in [-0.05, 0) is 26.0 Å². The third-order valence-electron chi connectivity index (χ3n) is 2.30. The number of carbonyl (C=O) groups is 2. The minimum atomic E-state index is -1.08. The lowest BCUT2D eigenvalue weighted by atomic mass is 10.1. The summed E-state index contributed by atoms with van der Waals surface area (Å²) in [7, 11) is 0. The van der Waals surface area contributed by atoms with Crippen LogP contribution in [0, 0.1) is 0 Å². The Morgan fingerprint density at radius 3 is 2.90 bits per heavy atom. The smallest absolute Gasteiger partial charge is 0.328 e. The highest BCUT2D eigenvalue weighted by Gasteiger charge is 2.10. The van der Waals surface area contributed by atoms with Crippen LogP contribution in [0.1, 0.15) is 29.9 Å². The van der Waals surface area contributed by atoms with E-state index >= 15 is 0 Å². The lowest BCUT2D eigenvalue weighted by molar-refractivity contribution is -0.131. The average molecular weight is 278 g/mol. The van der Waals surface area contributed by atoms with E-state index in [2.05, 4.69) is 10.3 Å². The van der Waals surface area contributed by atoms with E-state index in [1.807, 2.05) is 13.8 Å². The molecule has 0 aliphatic heterocycles. The van der Waals surface area contributed by atoms with Crippen molar-refractivity contribution < 1.29 is 19.4 Å². The van der Waals surface area contributed by atoms with Gasteiger partial charge in [0.05, 0.1) is 12.7 Å². The topological polar surface area (TPSA) is 88.5 Å². The first kappa shape index (κ1) is 15.8. The summed E-state index contributed by atoms with van der Waals surface area (Å²) in [5.41, 5.74) is 0.645. The van der Waals surface area contributed by atoms with E-state index in [9.17, 15) is 9.59 Å². The normalized spacial score (nSPS) is 10.9. The average Bonchev–Trinajstić information content (AvgIpc) is 2.41. The van der Waals surface area contributed by atoms with Crippen molar-refractivity contribution in [3.8, 4) is 0 Å². The number of carboxylic acid groups (broad SMARTS) is 1. The summed E-state index contributed by atoms with van der Waals surface area (Å²) >= 11 is 0. The molecular formula is C14H18N2O4. The van der Waals surface area contributed by atoms with Gasteiger partial charge in [0.15, 0.2) is 0 Å². The summed E-state index contributed by atoms with van der Waals surface area (Å²) in [6.07, 6.45) is 3.90. The SMILES string of the molecule is CC(C)OCCNC(=O)c1ncccc1/C=C/C(=O)O. The number of pyridine rings is 1. The second-order valence-corrected chi connectivity index (χ2v) is 4.29. The standard InChI is InChI=1S/C14H18N2O4/c1-10(2)20-9-8-16-14(19)13-11(4-3-7-15-13)5-6-12(17)18/h3-7,10H,8-9H2,1-2H3,(H,16,19)(H,17,18)/b6-5+. The molecule has 1 aromatic heterocycles. The summed E-state index contributed by atoms with van der Waals surface area (Å²) in [5, 5.41) is 11.3. The fraction of sp³-hybridized carbons (Fsp3) is 0.357. The molecule has 1 aromatic rings. The third-order valence-corrected chi connectivity index (χ3v) is 2.30. The molecule has 6 nitrogen and oxygen atoms in total. The van der Waals surface area contributed by atoms with E-state index < -0.39 is 5.97 Å². The molecule has 6 heteroatoms. The van der Waals surface area contributed by atoms with E-state index in [1.54, 1.807) is 12.1 Å². The molecule has 0 bridgehead atoms. The molecule has 108 valence electrons. The van der Waals surface area contributed by atoms with Gasteiger partial charge in [0.1, 0.15) is 5.69 Å².